The summed E-state index contributed by atoms with van der Waals surface area (Å²) >= 11 is 0. The molecule has 0 bridgehead atoms. The summed E-state index contributed by atoms with van der Waals surface area (Å²) in [5, 5.41) is 10.0. The summed E-state index contributed by atoms with van der Waals surface area (Å²) in [5.74, 6) is 0.279. The van der Waals surface area contributed by atoms with Crippen LogP contribution in [0.25, 0.3) is 0 Å². The van der Waals surface area contributed by atoms with E-state index in [0.717, 1.165) is 63.7 Å². The minimum absolute atomic E-state index is 0.120. The summed E-state index contributed by atoms with van der Waals surface area (Å²) in [7, 11) is 0. The lowest BCUT2D eigenvalue weighted by molar-refractivity contribution is -0.152. The van der Waals surface area contributed by atoms with E-state index in [1.807, 2.05) is 0 Å². The Balaban J connectivity index is 1.79. The fourth-order valence-electron chi connectivity index (χ4n) is 6.51. The van der Waals surface area contributed by atoms with Crippen molar-refractivity contribution >= 4 is 11.9 Å². The Morgan fingerprint density at radius 3 is 1.51 bits per heavy atom. The third-order valence-electron chi connectivity index (χ3n) is 9.85. The van der Waals surface area contributed by atoms with Crippen LogP contribution < -0.4 is 0 Å². The average molecular weight is 693 g/mol. The van der Waals surface area contributed by atoms with Gasteiger partial charge in [-0.25, -0.2) is 0 Å². The summed E-state index contributed by atoms with van der Waals surface area (Å²) in [4.78, 5) is 24.0. The number of aliphatic hydroxyl groups is 1. The Labute approximate surface area is 303 Å². The topological polar surface area (TPSA) is 85.4 Å². The van der Waals surface area contributed by atoms with Gasteiger partial charge in [0, 0.05) is 12.8 Å². The van der Waals surface area contributed by atoms with Crippen molar-refractivity contribution in [2.24, 2.45) is 5.92 Å². The van der Waals surface area contributed by atoms with Crippen molar-refractivity contribution in [1.29, 1.82) is 0 Å². The lowest BCUT2D eigenvalue weighted by atomic mass is 10.0. The third-order valence-corrected chi connectivity index (χ3v) is 9.85. The summed E-state index contributed by atoms with van der Waals surface area (Å²) in [6, 6.07) is 0. The fourth-order valence-corrected chi connectivity index (χ4v) is 6.51. The van der Waals surface area contributed by atoms with E-state index in [2.05, 4.69) is 32.9 Å². The number of hydrogen-bond donors (Lipinski definition) is 1. The van der Waals surface area contributed by atoms with E-state index in [1.165, 1.54) is 122 Å². The lowest BCUT2D eigenvalue weighted by Gasteiger charge is -2.12. The number of carbonyl (C=O) groups is 2. The molecule has 2 unspecified atom stereocenters. The molecular formula is C43H80O6. The smallest absolute Gasteiger partial charge is 0.305 e. The number of allylic oxidation sites excluding steroid dienone is 1. The van der Waals surface area contributed by atoms with E-state index in [0.29, 0.717) is 25.0 Å². The molecule has 6 heteroatoms. The van der Waals surface area contributed by atoms with Gasteiger partial charge in [-0.3, -0.25) is 9.59 Å². The van der Waals surface area contributed by atoms with Crippen molar-refractivity contribution < 1.29 is 28.9 Å². The van der Waals surface area contributed by atoms with Gasteiger partial charge in [0.05, 0.1) is 12.2 Å². The second kappa shape index (κ2) is 33.7. The van der Waals surface area contributed by atoms with Gasteiger partial charge >= 0.3 is 11.9 Å². The molecule has 3 atom stereocenters. The number of esters is 2. The van der Waals surface area contributed by atoms with E-state index >= 15 is 0 Å². The molecule has 1 heterocycles. The van der Waals surface area contributed by atoms with Gasteiger partial charge in [0.2, 0.25) is 0 Å². The largest absolute Gasteiger partial charge is 0.463 e. The van der Waals surface area contributed by atoms with Crippen molar-refractivity contribution in [3.05, 3.63) is 12.2 Å². The standard InChI is InChI=1S/C43H80O6/c1-4-5-6-7-22-27-32-40-41(49-40)33-28-23-20-25-30-35-43(46)48-37-39(44)36-47-42(45)34-29-24-19-17-15-13-11-9-8-10-12-14-16-18-21-26-31-38(2)3/h22,27,38-41,44H,4-21,23-26,28-37H2,1-3H3/b27-22-/t39-,40?,41?/m1/s1. The maximum Gasteiger partial charge on any atom is 0.305 e. The van der Waals surface area contributed by atoms with Crippen molar-refractivity contribution in [3.63, 3.8) is 0 Å². The molecule has 1 aliphatic heterocycles. The van der Waals surface area contributed by atoms with Gasteiger partial charge in [-0.15, -0.1) is 0 Å². The summed E-state index contributed by atoms with van der Waals surface area (Å²) in [6.07, 6.45) is 40.1. The van der Waals surface area contributed by atoms with Crippen molar-refractivity contribution in [3.8, 4) is 0 Å². The molecule has 288 valence electrons. The van der Waals surface area contributed by atoms with Crippen molar-refractivity contribution in [2.75, 3.05) is 13.2 Å². The molecule has 1 N–H and O–H groups in total. The van der Waals surface area contributed by atoms with E-state index in [-0.39, 0.29) is 25.2 Å². The Kier molecular flexibility index (Phi) is 31.4. The molecular weight excluding hydrogens is 612 g/mol. The minimum atomic E-state index is -0.970. The number of carbonyl (C=O) groups excluding carboxylic acids is 2. The van der Waals surface area contributed by atoms with Gasteiger partial charge in [0.15, 0.2) is 0 Å². The van der Waals surface area contributed by atoms with Crippen LogP contribution >= 0.6 is 0 Å². The molecule has 0 amide bonds. The van der Waals surface area contributed by atoms with Crippen LogP contribution in [0, 0.1) is 5.92 Å². The van der Waals surface area contributed by atoms with E-state index in [1.54, 1.807) is 0 Å². The molecule has 0 spiro atoms. The van der Waals surface area contributed by atoms with Crippen LogP contribution in [0.5, 0.6) is 0 Å². The molecule has 0 aliphatic carbocycles. The minimum Gasteiger partial charge on any atom is -0.463 e. The quantitative estimate of drug-likeness (QED) is 0.0302. The second-order valence-corrected chi connectivity index (χ2v) is 15.3. The highest BCUT2D eigenvalue weighted by Gasteiger charge is 2.36. The molecule has 1 aliphatic rings. The van der Waals surface area contributed by atoms with Gasteiger partial charge in [0.1, 0.15) is 19.3 Å². The Morgan fingerprint density at radius 1 is 0.592 bits per heavy atom. The van der Waals surface area contributed by atoms with Crippen LogP contribution in [0.15, 0.2) is 12.2 Å². The highest BCUT2D eigenvalue weighted by Crippen LogP contribution is 2.30. The zero-order valence-electron chi connectivity index (χ0n) is 32.6. The molecule has 1 saturated heterocycles. The first-order valence-electron chi connectivity index (χ1n) is 21.2. The van der Waals surface area contributed by atoms with Crippen molar-refractivity contribution in [2.45, 2.75) is 232 Å². The van der Waals surface area contributed by atoms with Crippen LogP contribution in [-0.2, 0) is 23.8 Å². The normalized spacial score (nSPS) is 16.4. The molecule has 49 heavy (non-hydrogen) atoms. The maximum atomic E-state index is 12.0. The molecule has 0 saturated carbocycles. The summed E-state index contributed by atoms with van der Waals surface area (Å²) in [6.45, 7) is 6.63. The Morgan fingerprint density at radius 2 is 1.04 bits per heavy atom. The van der Waals surface area contributed by atoms with Crippen LogP contribution in [0.2, 0.25) is 0 Å². The number of ether oxygens (including phenoxy) is 3. The monoisotopic (exact) mass is 693 g/mol. The lowest BCUT2D eigenvalue weighted by Crippen LogP contribution is -2.25. The molecule has 6 nitrogen and oxygen atoms in total. The predicted molar refractivity (Wildman–Crippen MR) is 205 cm³/mol. The molecule has 1 fully saturated rings. The van der Waals surface area contributed by atoms with Crippen LogP contribution in [0.4, 0.5) is 0 Å². The number of unbranched alkanes of at least 4 members (excludes halogenated alkanes) is 22. The van der Waals surface area contributed by atoms with Crippen LogP contribution in [0.3, 0.4) is 0 Å². The first-order chi connectivity index (χ1) is 23.9. The molecule has 1 rings (SSSR count). The predicted octanol–water partition coefficient (Wildman–Crippen LogP) is 12.1. The number of rotatable bonds is 37. The Bertz CT molecular complexity index is 780. The highest BCUT2D eigenvalue weighted by molar-refractivity contribution is 5.69. The van der Waals surface area contributed by atoms with Gasteiger partial charge in [-0.2, -0.15) is 0 Å². The zero-order valence-corrected chi connectivity index (χ0v) is 32.6. The molecule has 0 aromatic rings. The summed E-state index contributed by atoms with van der Waals surface area (Å²) < 4.78 is 16.1. The molecule has 0 aromatic heterocycles. The van der Waals surface area contributed by atoms with Crippen molar-refractivity contribution in [1.82, 2.24) is 0 Å². The SMILES string of the molecule is CCCCC/C=C\CC1OC1CCCCCCCC(=O)OC[C@H](O)COC(=O)CCCCCCCCCCCCCCCCCCC(C)C. The molecule has 0 radical (unpaired) electrons. The van der Waals surface area contributed by atoms with Gasteiger partial charge in [-0.05, 0) is 44.4 Å². The first kappa shape index (κ1) is 45.6. The van der Waals surface area contributed by atoms with E-state index in [9.17, 15) is 14.7 Å². The van der Waals surface area contributed by atoms with Gasteiger partial charge in [-0.1, -0.05) is 174 Å². The first-order valence-corrected chi connectivity index (χ1v) is 21.2. The summed E-state index contributed by atoms with van der Waals surface area (Å²) in [5.41, 5.74) is 0. The average Bonchev–Trinajstić information content (AvgIpc) is 3.84. The van der Waals surface area contributed by atoms with E-state index < -0.39 is 6.10 Å². The van der Waals surface area contributed by atoms with Gasteiger partial charge in [0.25, 0.3) is 0 Å². The fraction of sp³-hybridized carbons (Fsp3) is 0.907. The number of aliphatic hydroxyl groups excluding tert-OH is 1. The number of hydrogen-bond acceptors (Lipinski definition) is 6. The molecule has 0 aromatic carbocycles. The van der Waals surface area contributed by atoms with Gasteiger partial charge < -0.3 is 19.3 Å². The highest BCUT2D eigenvalue weighted by atomic mass is 16.6. The maximum absolute atomic E-state index is 12.0. The number of epoxide rings is 1. The van der Waals surface area contributed by atoms with Crippen LogP contribution in [-0.4, -0.2) is 48.6 Å². The zero-order chi connectivity index (χ0) is 35.6. The van der Waals surface area contributed by atoms with Crippen LogP contribution in [0.1, 0.15) is 213 Å². The van der Waals surface area contributed by atoms with E-state index in [4.69, 9.17) is 14.2 Å². The second-order valence-electron chi connectivity index (χ2n) is 15.3. The Hall–Kier alpha value is -1.40. The third kappa shape index (κ3) is 32.3.